The molecule has 0 saturated carbocycles. The summed E-state index contributed by atoms with van der Waals surface area (Å²) in [5.74, 6) is -1.48. The average molecular weight is 357 g/mol. The fourth-order valence-corrected chi connectivity index (χ4v) is 2.47. The van der Waals surface area contributed by atoms with Crippen LogP contribution in [0.2, 0.25) is 0 Å². The molecule has 0 atom stereocenters. The summed E-state index contributed by atoms with van der Waals surface area (Å²) < 4.78 is 14.0. The third-order valence-electron chi connectivity index (χ3n) is 1.69. The highest BCUT2D eigenvalue weighted by Gasteiger charge is 2.18. The maximum absolute atomic E-state index is 13.3. The van der Waals surface area contributed by atoms with Crippen LogP contribution in [0.3, 0.4) is 0 Å². The van der Waals surface area contributed by atoms with Crippen LogP contribution in [-0.2, 0) is 16.1 Å². The van der Waals surface area contributed by atoms with Gasteiger partial charge in [-0.15, -0.1) is 0 Å². The number of halogens is 3. The Morgan fingerprint density at radius 2 is 2.06 bits per heavy atom. The van der Waals surface area contributed by atoms with Crippen molar-refractivity contribution < 1.29 is 19.0 Å². The molecular weight excluding hydrogens is 349 g/mol. The van der Waals surface area contributed by atoms with Gasteiger partial charge in [0.25, 0.3) is 5.88 Å². The molecule has 0 spiro atoms. The van der Waals surface area contributed by atoms with E-state index in [4.69, 9.17) is 0 Å². The van der Waals surface area contributed by atoms with Crippen LogP contribution in [0.5, 0.6) is 5.88 Å². The van der Waals surface area contributed by atoms with Gasteiger partial charge in [0.2, 0.25) is 5.95 Å². The van der Waals surface area contributed by atoms with Crippen molar-refractivity contribution in [2.24, 2.45) is 0 Å². The van der Waals surface area contributed by atoms with E-state index in [0.29, 0.717) is 16.5 Å². The molecule has 7 heteroatoms. The van der Waals surface area contributed by atoms with Gasteiger partial charge in [-0.1, -0.05) is 6.92 Å². The van der Waals surface area contributed by atoms with E-state index < -0.39 is 11.9 Å². The largest absolute Gasteiger partial charge is 0.352 e. The minimum absolute atomic E-state index is 0.118. The number of hydrogen-bond acceptors (Lipinski definition) is 4. The van der Waals surface area contributed by atoms with E-state index in [9.17, 15) is 9.18 Å². The molecule has 0 amide bonds. The van der Waals surface area contributed by atoms with Crippen LogP contribution >= 0.6 is 31.9 Å². The zero-order valence-electron chi connectivity index (χ0n) is 8.51. The zero-order valence-corrected chi connectivity index (χ0v) is 11.7. The summed E-state index contributed by atoms with van der Waals surface area (Å²) in [5.41, 5.74) is 0.648. The molecule has 4 nitrogen and oxygen atoms in total. The second-order valence-corrected chi connectivity index (χ2v) is 4.41. The molecule has 1 heterocycles. The first-order valence-corrected chi connectivity index (χ1v) is 5.94. The highest BCUT2D eigenvalue weighted by molar-refractivity contribution is 9.11. The van der Waals surface area contributed by atoms with Gasteiger partial charge >= 0.3 is 5.97 Å². The van der Waals surface area contributed by atoms with Gasteiger partial charge in [-0.2, -0.15) is 9.37 Å². The molecule has 1 aromatic heterocycles. The van der Waals surface area contributed by atoms with Gasteiger partial charge in [0.05, 0.1) is 8.95 Å². The Hall–Kier alpha value is -0.690. The van der Waals surface area contributed by atoms with Gasteiger partial charge in [0, 0.05) is 6.92 Å². The van der Waals surface area contributed by atoms with Gasteiger partial charge in [-0.05, 0) is 43.8 Å². The fourth-order valence-electron chi connectivity index (χ4n) is 1.00. The van der Waals surface area contributed by atoms with Gasteiger partial charge in [-0.3, -0.25) is 4.89 Å². The van der Waals surface area contributed by atoms with Crippen LogP contribution in [0.1, 0.15) is 19.4 Å². The van der Waals surface area contributed by atoms with E-state index >= 15 is 0 Å². The second kappa shape index (κ2) is 5.58. The van der Waals surface area contributed by atoms with E-state index in [-0.39, 0.29) is 10.4 Å². The summed E-state index contributed by atoms with van der Waals surface area (Å²) in [4.78, 5) is 22.9. The van der Waals surface area contributed by atoms with Crippen molar-refractivity contribution in [3.05, 3.63) is 20.5 Å². The van der Waals surface area contributed by atoms with Crippen molar-refractivity contribution in [2.45, 2.75) is 20.3 Å². The Morgan fingerprint density at radius 3 is 2.56 bits per heavy atom. The van der Waals surface area contributed by atoms with Gasteiger partial charge < -0.3 is 0 Å². The maximum atomic E-state index is 13.3. The summed E-state index contributed by atoms with van der Waals surface area (Å²) in [6, 6.07) is 0. The molecule has 1 aromatic rings. The summed E-state index contributed by atoms with van der Waals surface area (Å²) in [7, 11) is 0. The average Bonchev–Trinajstić information content (AvgIpc) is 2.22. The van der Waals surface area contributed by atoms with Crippen LogP contribution in [0.15, 0.2) is 8.95 Å². The van der Waals surface area contributed by atoms with Gasteiger partial charge in [-0.25, -0.2) is 9.68 Å². The molecule has 0 fully saturated rings. The number of hydrogen-bond donors (Lipinski definition) is 0. The van der Waals surface area contributed by atoms with Crippen LogP contribution in [0, 0.1) is 5.95 Å². The number of nitrogens with zero attached hydrogens (tertiary/aromatic N) is 1. The maximum Gasteiger partial charge on any atom is 0.352 e. The van der Waals surface area contributed by atoms with E-state index in [1.807, 2.05) is 6.92 Å². The molecule has 0 bridgehead atoms. The predicted molar refractivity (Wildman–Crippen MR) is 61.4 cm³/mol. The molecule has 0 aliphatic carbocycles. The molecule has 0 unspecified atom stereocenters. The lowest BCUT2D eigenvalue weighted by Crippen LogP contribution is -2.07. The van der Waals surface area contributed by atoms with Crippen LogP contribution in [0.4, 0.5) is 4.39 Å². The normalized spacial score (nSPS) is 10.1. The lowest BCUT2D eigenvalue weighted by Gasteiger charge is -2.09. The van der Waals surface area contributed by atoms with Crippen molar-refractivity contribution in [1.82, 2.24) is 4.98 Å². The Kier molecular flexibility index (Phi) is 4.67. The third kappa shape index (κ3) is 2.91. The predicted octanol–water partition coefficient (Wildman–Crippen LogP) is 3.17. The Labute approximate surface area is 108 Å². The van der Waals surface area contributed by atoms with Crippen molar-refractivity contribution in [2.75, 3.05) is 0 Å². The molecule has 88 valence electrons. The Balaban J connectivity index is 3.10. The molecular formula is C9H8Br2FNO3. The molecule has 0 saturated heterocycles. The molecule has 0 aliphatic rings. The van der Waals surface area contributed by atoms with Crippen molar-refractivity contribution >= 4 is 37.8 Å². The lowest BCUT2D eigenvalue weighted by molar-refractivity contribution is -0.213. The zero-order chi connectivity index (χ0) is 12.3. The van der Waals surface area contributed by atoms with Crippen LogP contribution in [0.25, 0.3) is 0 Å². The highest BCUT2D eigenvalue weighted by Crippen LogP contribution is 2.34. The van der Waals surface area contributed by atoms with E-state index in [1.54, 1.807) is 0 Å². The topological polar surface area (TPSA) is 48.4 Å². The van der Waals surface area contributed by atoms with Crippen LogP contribution in [-0.4, -0.2) is 11.0 Å². The first kappa shape index (κ1) is 13.4. The van der Waals surface area contributed by atoms with E-state index in [2.05, 4.69) is 46.6 Å². The smallest absolute Gasteiger partial charge is 0.265 e. The van der Waals surface area contributed by atoms with Crippen molar-refractivity contribution in [3.8, 4) is 5.88 Å². The monoisotopic (exact) mass is 355 g/mol. The number of carbonyl (C=O) groups excluding carboxylic acids is 1. The summed E-state index contributed by atoms with van der Waals surface area (Å²) in [6.45, 7) is 3.02. The Bertz CT molecular complexity index is 426. The lowest BCUT2D eigenvalue weighted by atomic mass is 10.2. The molecule has 0 radical (unpaired) electrons. The number of pyridine rings is 1. The number of carbonyl (C=O) groups is 1. The first-order valence-electron chi connectivity index (χ1n) is 4.35. The fraction of sp³-hybridized carbons (Fsp3) is 0.333. The Morgan fingerprint density at radius 1 is 1.44 bits per heavy atom. The summed E-state index contributed by atoms with van der Waals surface area (Å²) >= 11 is 6.28. The van der Waals surface area contributed by atoms with Gasteiger partial charge in [0.15, 0.2) is 0 Å². The third-order valence-corrected chi connectivity index (χ3v) is 3.31. The molecule has 1 rings (SSSR count). The van der Waals surface area contributed by atoms with Crippen molar-refractivity contribution in [3.63, 3.8) is 0 Å². The van der Waals surface area contributed by atoms with Crippen LogP contribution < -0.4 is 4.89 Å². The second-order valence-electron chi connectivity index (χ2n) is 2.83. The van der Waals surface area contributed by atoms with Crippen molar-refractivity contribution in [1.29, 1.82) is 0 Å². The van der Waals surface area contributed by atoms with E-state index in [1.165, 1.54) is 6.92 Å². The van der Waals surface area contributed by atoms with E-state index in [0.717, 1.165) is 0 Å². The quantitative estimate of drug-likeness (QED) is 0.474. The van der Waals surface area contributed by atoms with Gasteiger partial charge in [0.1, 0.15) is 0 Å². The standard InChI is InChI=1S/C9H8Br2FNO3/c1-3-5-6(10)8(12)13-9(7(5)11)16-15-4(2)14/h3H2,1-2H3. The number of rotatable bonds is 3. The highest BCUT2D eigenvalue weighted by atomic mass is 79.9. The SMILES string of the molecule is CCc1c(Br)c(F)nc(OOC(C)=O)c1Br. The summed E-state index contributed by atoms with van der Waals surface area (Å²) in [5, 5.41) is 0. The minimum Gasteiger partial charge on any atom is -0.265 e. The molecule has 0 aromatic carbocycles. The minimum atomic E-state index is -0.720. The molecule has 0 N–H and O–H groups in total. The first-order chi connectivity index (χ1) is 7.47. The summed E-state index contributed by atoms with van der Waals surface area (Å²) in [6.07, 6.45) is 0.567. The molecule has 16 heavy (non-hydrogen) atoms. The number of aromatic nitrogens is 1. The molecule has 0 aliphatic heterocycles.